The van der Waals surface area contributed by atoms with Crippen molar-refractivity contribution in [3.63, 3.8) is 0 Å². The summed E-state index contributed by atoms with van der Waals surface area (Å²) in [6.45, 7) is 6.46. The largest absolute Gasteiger partial charge is 0.493 e. The van der Waals surface area contributed by atoms with E-state index in [2.05, 4.69) is 22.5 Å². The first-order chi connectivity index (χ1) is 15.6. The van der Waals surface area contributed by atoms with Crippen LogP contribution in [0.25, 0.3) is 11.0 Å². The van der Waals surface area contributed by atoms with E-state index in [1.807, 2.05) is 43.3 Å². The fraction of sp³-hybridized carbons (Fsp3) is 0.480. The van der Waals surface area contributed by atoms with E-state index in [0.717, 1.165) is 42.5 Å². The predicted octanol–water partition coefficient (Wildman–Crippen LogP) is 4.21. The lowest BCUT2D eigenvalue weighted by Gasteiger charge is -2.38. The van der Waals surface area contributed by atoms with Crippen molar-refractivity contribution >= 4 is 11.0 Å². The van der Waals surface area contributed by atoms with E-state index in [9.17, 15) is 5.11 Å². The van der Waals surface area contributed by atoms with Gasteiger partial charge >= 0.3 is 0 Å². The van der Waals surface area contributed by atoms with Crippen molar-refractivity contribution in [2.45, 2.75) is 44.9 Å². The molecule has 0 amide bonds. The summed E-state index contributed by atoms with van der Waals surface area (Å²) in [5, 5.41) is 11.1. The Kier molecular flexibility index (Phi) is 6.86. The van der Waals surface area contributed by atoms with Gasteiger partial charge in [0.1, 0.15) is 0 Å². The van der Waals surface area contributed by atoms with Crippen LogP contribution in [0.2, 0.25) is 0 Å². The first kappa shape index (κ1) is 22.4. The number of ether oxygens (including phenoxy) is 3. The van der Waals surface area contributed by atoms with Gasteiger partial charge in [-0.25, -0.2) is 0 Å². The van der Waals surface area contributed by atoms with Crippen molar-refractivity contribution in [2.75, 3.05) is 33.9 Å². The molecule has 7 nitrogen and oxygen atoms in total. The van der Waals surface area contributed by atoms with E-state index < -0.39 is 6.10 Å². The van der Waals surface area contributed by atoms with Crippen molar-refractivity contribution in [2.24, 2.45) is 0 Å². The number of hydrogen-bond donors (Lipinski definition) is 1. The summed E-state index contributed by atoms with van der Waals surface area (Å²) in [6, 6.07) is 14.8. The lowest BCUT2D eigenvalue weighted by molar-refractivity contribution is 0.0379. The van der Waals surface area contributed by atoms with Gasteiger partial charge in [0, 0.05) is 25.2 Å². The standard InChI is InChI=1S/C25H33N3O4/c1-5-32-25-26-20-8-6-7-9-21(20)28(25)19-12-14-27(15-13-19)17(2)24(29)18-10-11-22(30-3)23(16-18)31-4/h6-11,16-17,19,24,29H,5,12-15H2,1-4H3. The summed E-state index contributed by atoms with van der Waals surface area (Å²) in [7, 11) is 3.22. The molecule has 7 heteroatoms. The Morgan fingerprint density at radius 2 is 1.78 bits per heavy atom. The first-order valence-electron chi connectivity index (χ1n) is 11.3. The fourth-order valence-electron chi connectivity index (χ4n) is 4.67. The van der Waals surface area contributed by atoms with Crippen LogP contribution in [0.1, 0.15) is 44.4 Å². The molecule has 2 unspecified atom stereocenters. The molecule has 1 fully saturated rings. The molecule has 0 radical (unpaired) electrons. The van der Waals surface area contributed by atoms with Gasteiger partial charge in [-0.15, -0.1) is 0 Å². The molecule has 1 N–H and O–H groups in total. The molecule has 2 aromatic carbocycles. The molecule has 0 spiro atoms. The van der Waals surface area contributed by atoms with Gasteiger partial charge in [0.15, 0.2) is 11.5 Å². The highest BCUT2D eigenvalue weighted by Crippen LogP contribution is 2.35. The summed E-state index contributed by atoms with van der Waals surface area (Å²) in [4.78, 5) is 7.05. The van der Waals surface area contributed by atoms with Gasteiger partial charge in [0.25, 0.3) is 6.01 Å². The molecule has 0 aliphatic carbocycles. The molecule has 32 heavy (non-hydrogen) atoms. The van der Waals surface area contributed by atoms with E-state index in [0.29, 0.717) is 30.2 Å². The highest BCUT2D eigenvalue weighted by molar-refractivity contribution is 5.76. The molecule has 0 saturated carbocycles. The van der Waals surface area contributed by atoms with Crippen molar-refractivity contribution < 1.29 is 19.3 Å². The Bertz CT molecular complexity index is 1040. The van der Waals surface area contributed by atoms with Crippen molar-refractivity contribution in [1.29, 1.82) is 0 Å². The zero-order valence-corrected chi connectivity index (χ0v) is 19.3. The fourth-order valence-corrected chi connectivity index (χ4v) is 4.67. The van der Waals surface area contributed by atoms with Crippen LogP contribution in [-0.4, -0.2) is 59.5 Å². The average molecular weight is 440 g/mol. The molecule has 172 valence electrons. The molecule has 1 saturated heterocycles. The summed E-state index contributed by atoms with van der Waals surface area (Å²) < 4.78 is 18.8. The summed E-state index contributed by atoms with van der Waals surface area (Å²) in [5.74, 6) is 1.29. The third-order valence-electron chi connectivity index (χ3n) is 6.48. The maximum absolute atomic E-state index is 11.1. The van der Waals surface area contributed by atoms with Crippen LogP contribution in [-0.2, 0) is 0 Å². The number of methoxy groups -OCH3 is 2. The number of aliphatic hydroxyl groups excluding tert-OH is 1. The minimum atomic E-state index is -0.612. The third-order valence-corrected chi connectivity index (χ3v) is 6.48. The van der Waals surface area contributed by atoms with Crippen LogP contribution in [0.5, 0.6) is 17.5 Å². The zero-order valence-electron chi connectivity index (χ0n) is 19.3. The van der Waals surface area contributed by atoms with Gasteiger partial charge in [0.2, 0.25) is 0 Å². The molecule has 4 rings (SSSR count). The van der Waals surface area contributed by atoms with Crippen LogP contribution in [0.3, 0.4) is 0 Å². The molecular weight excluding hydrogens is 406 g/mol. The van der Waals surface area contributed by atoms with Gasteiger partial charge in [-0.05, 0) is 56.5 Å². The minimum absolute atomic E-state index is 0.0139. The predicted molar refractivity (Wildman–Crippen MR) is 125 cm³/mol. The molecule has 3 aromatic rings. The summed E-state index contributed by atoms with van der Waals surface area (Å²) >= 11 is 0. The SMILES string of the molecule is CCOc1nc2ccccc2n1C1CCN(C(C)C(O)c2ccc(OC)c(OC)c2)CC1. The second kappa shape index (κ2) is 9.79. The average Bonchev–Trinajstić information content (AvgIpc) is 3.21. The molecule has 1 aliphatic heterocycles. The number of aromatic nitrogens is 2. The molecule has 2 heterocycles. The molecule has 0 bridgehead atoms. The molecular formula is C25H33N3O4. The Balaban J connectivity index is 1.47. The minimum Gasteiger partial charge on any atom is -0.493 e. The molecule has 1 aromatic heterocycles. The number of imidazole rings is 1. The number of benzene rings is 2. The normalized spacial score (nSPS) is 17.3. The zero-order chi connectivity index (χ0) is 22.7. The lowest BCUT2D eigenvalue weighted by atomic mass is 9.97. The second-order valence-corrected chi connectivity index (χ2v) is 8.25. The van der Waals surface area contributed by atoms with Crippen LogP contribution in [0.4, 0.5) is 0 Å². The van der Waals surface area contributed by atoms with E-state index >= 15 is 0 Å². The number of rotatable bonds is 8. The van der Waals surface area contributed by atoms with Crippen LogP contribution in [0, 0.1) is 0 Å². The Hall–Kier alpha value is -2.77. The quantitative estimate of drug-likeness (QED) is 0.567. The van der Waals surface area contributed by atoms with Crippen molar-refractivity contribution in [1.82, 2.24) is 14.5 Å². The van der Waals surface area contributed by atoms with Crippen molar-refractivity contribution in [3.8, 4) is 17.5 Å². The number of piperidine rings is 1. The number of nitrogens with zero attached hydrogens (tertiary/aromatic N) is 3. The van der Waals surface area contributed by atoms with E-state index in [1.54, 1.807) is 14.2 Å². The first-order valence-corrected chi connectivity index (χ1v) is 11.3. The Labute approximate surface area is 189 Å². The summed E-state index contributed by atoms with van der Waals surface area (Å²) in [6.07, 6.45) is 1.34. The smallest absolute Gasteiger partial charge is 0.297 e. The summed E-state index contributed by atoms with van der Waals surface area (Å²) in [5.41, 5.74) is 2.92. The maximum Gasteiger partial charge on any atom is 0.297 e. The van der Waals surface area contributed by atoms with Crippen molar-refractivity contribution in [3.05, 3.63) is 48.0 Å². The van der Waals surface area contributed by atoms with Gasteiger partial charge in [-0.2, -0.15) is 4.98 Å². The highest BCUT2D eigenvalue weighted by atomic mass is 16.5. The van der Waals surface area contributed by atoms with Gasteiger partial charge in [-0.1, -0.05) is 18.2 Å². The van der Waals surface area contributed by atoms with Gasteiger partial charge in [0.05, 0.1) is 38.0 Å². The highest BCUT2D eigenvalue weighted by Gasteiger charge is 2.30. The maximum atomic E-state index is 11.1. The van der Waals surface area contributed by atoms with Gasteiger partial charge < -0.3 is 19.3 Å². The van der Waals surface area contributed by atoms with E-state index in [-0.39, 0.29) is 6.04 Å². The lowest BCUT2D eigenvalue weighted by Crippen LogP contribution is -2.43. The number of aliphatic hydroxyl groups is 1. The van der Waals surface area contributed by atoms with E-state index in [4.69, 9.17) is 19.2 Å². The molecule has 2 atom stereocenters. The Morgan fingerprint density at radius 1 is 1.06 bits per heavy atom. The number of fused-ring (bicyclic) bond motifs is 1. The Morgan fingerprint density at radius 3 is 2.47 bits per heavy atom. The van der Waals surface area contributed by atoms with Gasteiger partial charge in [-0.3, -0.25) is 9.47 Å². The monoisotopic (exact) mass is 439 g/mol. The number of likely N-dealkylation sites (tertiary alicyclic amines) is 1. The number of hydrogen-bond acceptors (Lipinski definition) is 6. The van der Waals surface area contributed by atoms with Crippen LogP contribution in [0.15, 0.2) is 42.5 Å². The van der Waals surface area contributed by atoms with E-state index in [1.165, 1.54) is 0 Å². The van der Waals surface area contributed by atoms with Crippen LogP contribution >= 0.6 is 0 Å². The van der Waals surface area contributed by atoms with Crippen LogP contribution < -0.4 is 14.2 Å². The molecule has 1 aliphatic rings. The number of para-hydroxylation sites is 2. The third kappa shape index (κ3) is 4.27. The second-order valence-electron chi connectivity index (χ2n) is 8.25. The topological polar surface area (TPSA) is 69.0 Å².